The van der Waals surface area contributed by atoms with Crippen molar-refractivity contribution in [1.29, 1.82) is 0 Å². The smallest absolute Gasteiger partial charge is 0.213 e. The molecule has 2 heterocycles. The van der Waals surface area contributed by atoms with Gasteiger partial charge >= 0.3 is 0 Å². The van der Waals surface area contributed by atoms with E-state index in [2.05, 4.69) is 120 Å². The lowest BCUT2D eigenvalue weighted by molar-refractivity contribution is -0.644. The van der Waals surface area contributed by atoms with E-state index in [1.165, 1.54) is 0 Å². The molecule has 430 valence electrons. The van der Waals surface area contributed by atoms with E-state index in [1.807, 2.05) is 122 Å². The van der Waals surface area contributed by atoms with Crippen molar-refractivity contribution in [3.05, 3.63) is 253 Å². The highest BCUT2D eigenvalue weighted by Crippen LogP contribution is 2.48. The lowest BCUT2D eigenvalue weighted by Crippen LogP contribution is -3.00. The van der Waals surface area contributed by atoms with Crippen LogP contribution in [0, 0.1) is 0 Å². The van der Waals surface area contributed by atoms with Crippen LogP contribution in [0.3, 0.4) is 0 Å². The summed E-state index contributed by atoms with van der Waals surface area (Å²) < 4.78 is 25.7. The zero-order valence-electron chi connectivity index (χ0n) is 48.5. The van der Waals surface area contributed by atoms with Gasteiger partial charge in [-0.25, -0.2) is 4.57 Å². The van der Waals surface area contributed by atoms with Gasteiger partial charge in [0.05, 0.1) is 71.3 Å². The fourth-order valence-corrected chi connectivity index (χ4v) is 11.5. The highest BCUT2D eigenvalue weighted by molar-refractivity contribution is 6.04. The topological polar surface area (TPSA) is 135 Å². The average Bonchev–Trinajstić information content (AvgIpc) is 2.27. The molecule has 12 aromatic rings. The predicted octanol–water partition coefficient (Wildman–Crippen LogP) is 12.2. The minimum atomic E-state index is -0.178. The molecule has 2 aromatic heterocycles. The highest BCUT2D eigenvalue weighted by atomic mass is 127. The first-order chi connectivity index (χ1) is 41.7. The molecule has 0 aliphatic carbocycles. The Balaban J connectivity index is 0.000000189. The van der Waals surface area contributed by atoms with Gasteiger partial charge in [0.25, 0.3) is 0 Å². The number of methoxy groups -OCH3 is 4. The molecule has 0 unspecified atom stereocenters. The van der Waals surface area contributed by atoms with E-state index in [-0.39, 0.29) is 50.4 Å². The molecule has 4 N–H and O–H groups in total. The van der Waals surface area contributed by atoms with E-state index in [0.717, 1.165) is 111 Å². The van der Waals surface area contributed by atoms with E-state index in [0.29, 0.717) is 45.3 Å². The molecule has 0 saturated carbocycles. The lowest BCUT2D eigenvalue weighted by atomic mass is 9.89. The van der Waals surface area contributed by atoms with Crippen LogP contribution < -0.4 is 47.5 Å². The number of benzene rings is 10. The van der Waals surface area contributed by atoms with Crippen LogP contribution in [0.4, 0.5) is 0 Å². The van der Waals surface area contributed by atoms with Crippen LogP contribution in [-0.2, 0) is 33.5 Å². The summed E-state index contributed by atoms with van der Waals surface area (Å²) >= 11 is 0. The molecule has 10 nitrogen and oxygen atoms in total. The number of hydrogen-bond acceptors (Lipinski definition) is 9. The van der Waals surface area contributed by atoms with Crippen molar-refractivity contribution >= 4 is 21.8 Å². The summed E-state index contributed by atoms with van der Waals surface area (Å²) in [4.78, 5) is 4.82. The molecule has 0 bridgehead atoms. The predicted molar refractivity (Wildman–Crippen MR) is 340 cm³/mol. The monoisotopic (exact) mass is 1250 g/mol. The molecule has 10 aromatic carbocycles. The number of aliphatic hydroxyl groups excluding tert-OH is 4. The normalized spacial score (nSPS) is 10.9. The van der Waals surface area contributed by atoms with Crippen LogP contribution in [0.2, 0.25) is 0 Å². The molecule has 0 atom stereocenters. The third kappa shape index (κ3) is 12.1. The molecule has 0 aliphatic rings. The summed E-state index contributed by atoms with van der Waals surface area (Å²) in [6.45, 7) is -0.652. The van der Waals surface area contributed by atoms with E-state index >= 15 is 0 Å². The maximum atomic E-state index is 10.2. The van der Waals surface area contributed by atoms with E-state index in [1.54, 1.807) is 28.4 Å². The van der Waals surface area contributed by atoms with Crippen molar-refractivity contribution in [2.24, 2.45) is 7.05 Å². The minimum absolute atomic E-state index is 0. The van der Waals surface area contributed by atoms with Gasteiger partial charge in [-0.15, -0.1) is 0 Å². The van der Waals surface area contributed by atoms with Crippen LogP contribution in [0.25, 0.3) is 111 Å². The van der Waals surface area contributed by atoms with Crippen LogP contribution in [0.15, 0.2) is 231 Å². The van der Waals surface area contributed by atoms with Crippen molar-refractivity contribution in [2.75, 3.05) is 28.4 Å². The molecule has 0 fully saturated rings. The molecule has 86 heavy (non-hydrogen) atoms. The zero-order chi connectivity index (χ0) is 59.0. The van der Waals surface area contributed by atoms with E-state index in [9.17, 15) is 20.4 Å². The Kier molecular flexibility index (Phi) is 19.0. The van der Waals surface area contributed by atoms with Gasteiger partial charge in [-0.2, -0.15) is 0 Å². The largest absolute Gasteiger partial charge is 1.00 e. The third-order valence-corrected chi connectivity index (χ3v) is 15.7. The van der Waals surface area contributed by atoms with Crippen molar-refractivity contribution in [1.82, 2.24) is 4.98 Å². The number of fused-ring (bicyclic) bond motifs is 2. The first kappa shape index (κ1) is 59.9. The maximum Gasteiger partial charge on any atom is 0.213 e. The van der Waals surface area contributed by atoms with Gasteiger partial charge in [0.15, 0.2) is 29.2 Å². The number of rotatable bonds is 16. The van der Waals surface area contributed by atoms with Gasteiger partial charge < -0.3 is 63.4 Å². The second-order valence-electron chi connectivity index (χ2n) is 20.6. The number of hydrogen-bond donors (Lipinski definition) is 4. The Morgan fingerprint density at radius 1 is 0.349 bits per heavy atom. The molecule has 0 saturated heterocycles. The lowest BCUT2D eigenvalue weighted by Gasteiger charge is -2.19. The second-order valence-corrected chi connectivity index (χ2v) is 20.6. The molecular weight excluding hydrogens is 1180 g/mol. The summed E-state index contributed by atoms with van der Waals surface area (Å²) in [5.41, 5.74) is 20.6. The molecule has 11 heteroatoms. The standard InChI is InChI=1S/C38H34NO4.C37H31NO4.HI/c1-39-22-34(37(26-13-8-5-9-14-26)33-19-30(23-40)31(24-41)20-35(33)39)29-18-32(38(43-3)36(21-29)42-2)28-16-10-15-27(17-28)25-11-6-4-7-12-25;1-41-35-20-28(17-31(37(35)42-2)27-15-9-14-26(16-27)24-10-5-3-6-11-24)33-21-38-34-19-30(23-40)29(22-39)18-32(34)36(33)25-12-7-4-8-13-25;/h4-22,40-41H,23-24H2,1-3H3;3-21,39-40H,22-23H2,1-2H3;1H/q+1;;/p-1. The number of halogens is 1. The molecule has 0 amide bonds. The fraction of sp³-hybridized carbons (Fsp3) is 0.120. The molecule has 0 aliphatic heterocycles. The van der Waals surface area contributed by atoms with E-state index in [4.69, 9.17) is 23.9 Å². The molecule has 0 radical (unpaired) electrons. The van der Waals surface area contributed by atoms with Gasteiger partial charge in [0.1, 0.15) is 7.05 Å². The number of nitrogens with zero attached hydrogens (tertiary/aromatic N) is 2. The molecule has 0 spiro atoms. The van der Waals surface area contributed by atoms with Gasteiger partial charge in [0, 0.05) is 45.5 Å². The Morgan fingerprint density at radius 2 is 0.733 bits per heavy atom. The summed E-state index contributed by atoms with van der Waals surface area (Å²) in [5, 5.41) is 42.0. The average molecular weight is 1250 g/mol. The number of pyridine rings is 2. The third-order valence-electron chi connectivity index (χ3n) is 15.7. The van der Waals surface area contributed by atoms with Gasteiger partial charge in [-0.05, 0) is 132 Å². The van der Waals surface area contributed by atoms with Crippen LogP contribution in [-0.4, -0.2) is 53.8 Å². The van der Waals surface area contributed by atoms with Crippen LogP contribution in [0.1, 0.15) is 22.3 Å². The molecule has 12 rings (SSSR count). The Labute approximate surface area is 518 Å². The first-order valence-corrected chi connectivity index (χ1v) is 28.0. The number of aromatic nitrogens is 2. The number of aryl methyl sites for hydroxylation is 1. The fourth-order valence-electron chi connectivity index (χ4n) is 11.5. The van der Waals surface area contributed by atoms with Crippen molar-refractivity contribution in [3.8, 4) is 112 Å². The SMILES string of the molecule is COc1cc(-c2c[n+](C)c3cc(CO)c(CO)cc3c2-c2ccccc2)cc(-c2cccc(-c3ccccc3)c2)c1OC.COc1cc(-c2cnc3cc(CO)c(CO)cc3c2-c2ccccc2)cc(-c2cccc(-c3ccccc3)c2)c1OC.[I-]. The first-order valence-electron chi connectivity index (χ1n) is 28.0. The highest BCUT2D eigenvalue weighted by Gasteiger charge is 2.25. The Hall–Kier alpha value is -9.21. The summed E-state index contributed by atoms with van der Waals surface area (Å²) in [6.07, 6.45) is 3.99. The Morgan fingerprint density at radius 3 is 1.17 bits per heavy atom. The van der Waals surface area contributed by atoms with Gasteiger partial charge in [-0.1, -0.05) is 158 Å². The summed E-state index contributed by atoms with van der Waals surface area (Å²) in [7, 11) is 8.64. The van der Waals surface area contributed by atoms with Crippen molar-refractivity contribution in [3.63, 3.8) is 0 Å². The minimum Gasteiger partial charge on any atom is -1.00 e. The molecular formula is C75H65IN2O8. The quantitative estimate of drug-likeness (QED) is 0.0551. The second kappa shape index (κ2) is 27.2. The van der Waals surface area contributed by atoms with E-state index < -0.39 is 0 Å². The van der Waals surface area contributed by atoms with Crippen molar-refractivity contribution < 1.29 is 67.9 Å². The summed E-state index contributed by atoms with van der Waals surface area (Å²) in [6, 6.07) is 73.9. The summed E-state index contributed by atoms with van der Waals surface area (Å²) in [5.74, 6) is 2.56. The zero-order valence-corrected chi connectivity index (χ0v) is 50.6. The van der Waals surface area contributed by atoms with Gasteiger partial charge in [0.2, 0.25) is 5.52 Å². The number of ether oxygens (including phenoxy) is 4. The van der Waals surface area contributed by atoms with Crippen molar-refractivity contribution in [2.45, 2.75) is 26.4 Å². The Bertz CT molecular complexity index is 4350. The van der Waals surface area contributed by atoms with Crippen LogP contribution in [0.5, 0.6) is 23.0 Å². The van der Waals surface area contributed by atoms with Gasteiger partial charge in [-0.3, -0.25) is 4.98 Å². The van der Waals surface area contributed by atoms with Crippen LogP contribution >= 0.6 is 0 Å². The number of aliphatic hydroxyl groups is 4. The maximum absolute atomic E-state index is 10.2.